The first-order valence-corrected chi connectivity index (χ1v) is 16.1. The van der Waals surface area contributed by atoms with Gasteiger partial charge in [-0.25, -0.2) is 0 Å². The van der Waals surface area contributed by atoms with E-state index in [-0.39, 0.29) is 25.0 Å². The third-order valence-corrected chi connectivity index (χ3v) is 6.55. The SMILES string of the molecule is O=C1c2ccccc2C(=O)N1CCOCCOCCOCCOCCOCCOCCOCCOCCOCCOc1ccccc1. The predicted octanol–water partition coefficient (Wildman–Crippen LogP) is 2.51. The average Bonchev–Trinajstić information content (AvgIpc) is 3.34. The Labute approximate surface area is 277 Å². The summed E-state index contributed by atoms with van der Waals surface area (Å²) >= 11 is 0. The Morgan fingerprint density at radius 3 is 1.02 bits per heavy atom. The second-order valence-electron chi connectivity index (χ2n) is 9.98. The largest absolute Gasteiger partial charge is 0.491 e. The lowest BCUT2D eigenvalue weighted by Gasteiger charge is -2.13. The highest BCUT2D eigenvalue weighted by Gasteiger charge is 2.34. The highest BCUT2D eigenvalue weighted by Crippen LogP contribution is 2.21. The van der Waals surface area contributed by atoms with Crippen molar-refractivity contribution in [1.82, 2.24) is 4.90 Å². The summed E-state index contributed by atoms with van der Waals surface area (Å²) in [7, 11) is 0. The number of imide groups is 1. The fraction of sp³-hybridized carbons (Fsp3) is 0.588. The highest BCUT2D eigenvalue weighted by atomic mass is 16.6. The minimum absolute atomic E-state index is 0.215. The van der Waals surface area contributed by atoms with Gasteiger partial charge in [0.15, 0.2) is 0 Å². The number of fused-ring (bicyclic) bond motifs is 1. The Morgan fingerprint density at radius 1 is 0.362 bits per heavy atom. The van der Waals surface area contributed by atoms with Crippen LogP contribution in [0.2, 0.25) is 0 Å². The van der Waals surface area contributed by atoms with Gasteiger partial charge in [-0.1, -0.05) is 30.3 Å². The molecule has 0 atom stereocenters. The van der Waals surface area contributed by atoms with Gasteiger partial charge in [0.25, 0.3) is 11.8 Å². The number of hydrogen-bond donors (Lipinski definition) is 0. The van der Waals surface area contributed by atoms with E-state index in [1.807, 2.05) is 30.3 Å². The number of rotatable bonds is 31. The molecule has 262 valence electrons. The minimum atomic E-state index is -0.277. The number of ether oxygens (including phenoxy) is 10. The lowest BCUT2D eigenvalue weighted by Crippen LogP contribution is -2.33. The molecule has 0 spiro atoms. The molecule has 0 bridgehead atoms. The van der Waals surface area contributed by atoms with Crippen LogP contribution in [0.5, 0.6) is 5.75 Å². The third-order valence-electron chi connectivity index (χ3n) is 6.55. The van der Waals surface area contributed by atoms with Gasteiger partial charge in [-0.2, -0.15) is 0 Å². The van der Waals surface area contributed by atoms with Crippen LogP contribution < -0.4 is 4.74 Å². The molecular formula is C34H49NO12. The monoisotopic (exact) mass is 663 g/mol. The zero-order chi connectivity index (χ0) is 33.0. The first-order chi connectivity index (χ1) is 23.3. The van der Waals surface area contributed by atoms with Crippen LogP contribution in [0.15, 0.2) is 54.6 Å². The first kappa shape index (κ1) is 38.5. The number of para-hydroxylation sites is 1. The van der Waals surface area contributed by atoms with Crippen LogP contribution in [-0.4, -0.2) is 149 Å². The summed E-state index contributed by atoms with van der Waals surface area (Å²) < 4.78 is 54.8. The van der Waals surface area contributed by atoms with Crippen molar-refractivity contribution in [3.05, 3.63) is 65.7 Å². The number of amides is 2. The molecule has 0 saturated carbocycles. The van der Waals surface area contributed by atoms with Crippen molar-refractivity contribution in [2.75, 3.05) is 132 Å². The lowest BCUT2D eigenvalue weighted by molar-refractivity contribution is -0.0255. The molecule has 13 heteroatoms. The van der Waals surface area contributed by atoms with Gasteiger partial charge in [0.2, 0.25) is 0 Å². The maximum absolute atomic E-state index is 12.3. The Morgan fingerprint density at radius 2 is 0.660 bits per heavy atom. The fourth-order valence-electron chi connectivity index (χ4n) is 4.19. The molecule has 0 fully saturated rings. The van der Waals surface area contributed by atoms with Gasteiger partial charge >= 0.3 is 0 Å². The van der Waals surface area contributed by atoms with E-state index >= 15 is 0 Å². The van der Waals surface area contributed by atoms with Gasteiger partial charge in [-0.05, 0) is 24.3 Å². The van der Waals surface area contributed by atoms with Gasteiger partial charge in [-0.3, -0.25) is 14.5 Å². The van der Waals surface area contributed by atoms with Crippen molar-refractivity contribution >= 4 is 11.8 Å². The van der Waals surface area contributed by atoms with Crippen LogP contribution in [0, 0.1) is 0 Å². The molecule has 1 heterocycles. The van der Waals surface area contributed by atoms with Crippen LogP contribution in [0.3, 0.4) is 0 Å². The van der Waals surface area contributed by atoms with E-state index in [1.165, 1.54) is 4.90 Å². The molecule has 2 aromatic carbocycles. The van der Waals surface area contributed by atoms with E-state index < -0.39 is 0 Å². The lowest BCUT2D eigenvalue weighted by atomic mass is 10.1. The normalized spacial score (nSPS) is 12.6. The van der Waals surface area contributed by atoms with E-state index in [2.05, 4.69) is 0 Å². The van der Waals surface area contributed by atoms with Gasteiger partial charge in [0.1, 0.15) is 12.4 Å². The Balaban J connectivity index is 0.932. The smallest absolute Gasteiger partial charge is 0.261 e. The highest BCUT2D eigenvalue weighted by molar-refractivity contribution is 6.21. The summed E-state index contributed by atoms with van der Waals surface area (Å²) in [6, 6.07) is 16.5. The molecule has 1 aliphatic rings. The van der Waals surface area contributed by atoms with Crippen LogP contribution in [-0.2, 0) is 42.6 Å². The zero-order valence-corrected chi connectivity index (χ0v) is 27.2. The zero-order valence-electron chi connectivity index (χ0n) is 27.2. The maximum atomic E-state index is 12.3. The third kappa shape index (κ3) is 17.1. The summed E-state index contributed by atoms with van der Waals surface area (Å²) in [6.07, 6.45) is 0. The molecule has 2 amide bonds. The van der Waals surface area contributed by atoms with Crippen molar-refractivity contribution in [2.24, 2.45) is 0 Å². The van der Waals surface area contributed by atoms with E-state index in [1.54, 1.807) is 24.3 Å². The van der Waals surface area contributed by atoms with Crippen LogP contribution in [0.1, 0.15) is 20.7 Å². The summed E-state index contributed by atoms with van der Waals surface area (Å²) in [5.41, 5.74) is 0.885. The number of carbonyl (C=O) groups is 2. The molecule has 0 saturated heterocycles. The second kappa shape index (κ2) is 26.0. The van der Waals surface area contributed by atoms with Crippen molar-refractivity contribution in [2.45, 2.75) is 0 Å². The van der Waals surface area contributed by atoms with E-state index in [4.69, 9.17) is 47.4 Å². The molecule has 0 unspecified atom stereocenters. The number of carbonyl (C=O) groups excluding carboxylic acids is 2. The van der Waals surface area contributed by atoms with E-state index in [9.17, 15) is 9.59 Å². The van der Waals surface area contributed by atoms with Crippen LogP contribution >= 0.6 is 0 Å². The van der Waals surface area contributed by atoms with Gasteiger partial charge in [0, 0.05) is 0 Å². The Kier molecular flexibility index (Phi) is 21.3. The van der Waals surface area contributed by atoms with Crippen LogP contribution in [0.25, 0.3) is 0 Å². The average molecular weight is 664 g/mol. The van der Waals surface area contributed by atoms with Crippen molar-refractivity contribution in [3.8, 4) is 5.75 Å². The fourth-order valence-corrected chi connectivity index (χ4v) is 4.19. The van der Waals surface area contributed by atoms with Crippen molar-refractivity contribution < 1.29 is 57.0 Å². The summed E-state index contributed by atoms with van der Waals surface area (Å²) in [4.78, 5) is 25.8. The topological polar surface area (TPSA) is 130 Å². The Bertz CT molecular complexity index is 1050. The van der Waals surface area contributed by atoms with E-state index in [0.29, 0.717) is 130 Å². The summed E-state index contributed by atoms with van der Waals surface area (Å²) in [6.45, 7) is 9.07. The molecule has 3 rings (SSSR count). The van der Waals surface area contributed by atoms with Crippen molar-refractivity contribution in [3.63, 3.8) is 0 Å². The quantitative estimate of drug-likeness (QED) is 0.0868. The molecule has 0 N–H and O–H groups in total. The van der Waals surface area contributed by atoms with Gasteiger partial charge in [0.05, 0.1) is 137 Å². The van der Waals surface area contributed by atoms with Crippen molar-refractivity contribution in [1.29, 1.82) is 0 Å². The second-order valence-corrected chi connectivity index (χ2v) is 9.98. The molecule has 0 aliphatic carbocycles. The summed E-state index contributed by atoms with van der Waals surface area (Å²) in [5, 5.41) is 0. The molecule has 0 aromatic heterocycles. The molecule has 2 aromatic rings. The number of nitrogens with zero attached hydrogens (tertiary/aromatic N) is 1. The van der Waals surface area contributed by atoms with Gasteiger partial charge < -0.3 is 47.4 Å². The standard InChI is InChI=1S/C34H49NO12/c36-33-31-8-4-5-9-32(31)34(37)35(33)10-11-38-12-13-39-14-15-40-16-17-41-18-19-42-20-21-43-22-23-44-24-25-45-26-27-46-28-29-47-30-6-2-1-3-7-30/h1-9H,10-29H2. The number of benzene rings is 2. The summed E-state index contributed by atoms with van der Waals surface area (Å²) in [5.74, 6) is 0.284. The maximum Gasteiger partial charge on any atom is 0.261 e. The van der Waals surface area contributed by atoms with E-state index in [0.717, 1.165) is 5.75 Å². The molecule has 0 radical (unpaired) electrons. The molecule has 1 aliphatic heterocycles. The number of hydrogen-bond acceptors (Lipinski definition) is 12. The first-order valence-electron chi connectivity index (χ1n) is 16.1. The molecule has 47 heavy (non-hydrogen) atoms. The molecule has 13 nitrogen and oxygen atoms in total. The Hall–Kier alpha value is -2.98. The van der Waals surface area contributed by atoms with Crippen LogP contribution in [0.4, 0.5) is 0 Å². The van der Waals surface area contributed by atoms with Gasteiger partial charge in [-0.15, -0.1) is 0 Å². The minimum Gasteiger partial charge on any atom is -0.491 e. The molecular weight excluding hydrogens is 614 g/mol. The predicted molar refractivity (Wildman–Crippen MR) is 171 cm³/mol.